The van der Waals surface area contributed by atoms with E-state index < -0.39 is 40.4 Å². The van der Waals surface area contributed by atoms with Crippen molar-refractivity contribution in [3.05, 3.63) is 61.6 Å². The highest BCUT2D eigenvalue weighted by Crippen LogP contribution is 2.31. The highest BCUT2D eigenvalue weighted by atomic mass is 35.5. The van der Waals surface area contributed by atoms with Crippen molar-refractivity contribution in [3.63, 3.8) is 0 Å². The first-order chi connectivity index (χ1) is 11.9. The third-order valence-electron chi connectivity index (χ3n) is 3.28. The number of sulfonamides is 2. The first-order valence-electron chi connectivity index (χ1n) is 6.52. The predicted octanol–water partition coefficient (Wildman–Crippen LogP) is 3.56. The van der Waals surface area contributed by atoms with Crippen LogP contribution in [0.25, 0.3) is 0 Å². The third-order valence-corrected chi connectivity index (χ3v) is 8.57. The van der Waals surface area contributed by atoms with E-state index in [-0.39, 0.29) is 18.8 Å². The zero-order chi connectivity index (χ0) is 19.9. The van der Waals surface area contributed by atoms with Crippen molar-refractivity contribution in [1.29, 1.82) is 0 Å². The summed E-state index contributed by atoms with van der Waals surface area (Å²) in [7, 11) is -8.36. The van der Waals surface area contributed by atoms with Crippen LogP contribution in [-0.2, 0) is 20.0 Å². The van der Waals surface area contributed by atoms with E-state index in [1.165, 1.54) is 6.07 Å². The van der Waals surface area contributed by atoms with Crippen molar-refractivity contribution in [2.45, 2.75) is 9.79 Å². The Bertz CT molecular complexity index is 1100. The molecule has 8 nitrogen and oxygen atoms in total. The van der Waals surface area contributed by atoms with Gasteiger partial charge >= 0.3 is 0 Å². The predicted molar refractivity (Wildman–Crippen MR) is 96.7 cm³/mol. The number of benzene rings is 2. The van der Waals surface area contributed by atoms with Crippen LogP contribution in [0.4, 0.5) is 5.69 Å². The van der Waals surface area contributed by atoms with Gasteiger partial charge in [-0.2, -0.15) is 0 Å². The number of halogens is 3. The summed E-state index contributed by atoms with van der Waals surface area (Å²) >= 11 is 17.1. The minimum atomic E-state index is -4.63. The van der Waals surface area contributed by atoms with Crippen LogP contribution in [0.5, 0.6) is 0 Å². The fourth-order valence-electron chi connectivity index (χ4n) is 1.86. The number of hydrogen-bond donors (Lipinski definition) is 0. The van der Waals surface area contributed by atoms with Crippen LogP contribution < -0.4 is 0 Å². The quantitative estimate of drug-likeness (QED) is 0.499. The van der Waals surface area contributed by atoms with Crippen molar-refractivity contribution in [2.24, 2.45) is 0 Å². The van der Waals surface area contributed by atoms with Crippen molar-refractivity contribution < 1.29 is 21.8 Å². The maximum absolute atomic E-state index is 12.6. The van der Waals surface area contributed by atoms with Gasteiger partial charge in [-0.3, -0.25) is 10.1 Å². The molecule has 0 N–H and O–H groups in total. The molecule has 0 aliphatic carbocycles. The number of nitrogens with zero attached hydrogens (tertiary/aromatic N) is 2. The van der Waals surface area contributed by atoms with Gasteiger partial charge in [-0.05, 0) is 30.3 Å². The van der Waals surface area contributed by atoms with E-state index in [0.29, 0.717) is 6.07 Å². The fourth-order valence-corrected chi connectivity index (χ4v) is 5.56. The van der Waals surface area contributed by atoms with Crippen LogP contribution in [0.2, 0.25) is 15.1 Å². The van der Waals surface area contributed by atoms with E-state index in [2.05, 4.69) is 0 Å². The van der Waals surface area contributed by atoms with Gasteiger partial charge in [0.25, 0.3) is 25.7 Å². The van der Waals surface area contributed by atoms with Gasteiger partial charge in [-0.25, -0.2) is 16.8 Å². The number of nitro benzene ring substituents is 1. The molecule has 0 saturated heterocycles. The second kappa shape index (κ2) is 7.29. The zero-order valence-corrected chi connectivity index (χ0v) is 16.7. The van der Waals surface area contributed by atoms with E-state index in [9.17, 15) is 26.9 Å². The lowest BCUT2D eigenvalue weighted by Gasteiger charge is -2.18. The van der Waals surface area contributed by atoms with Gasteiger partial charge < -0.3 is 0 Å². The monoisotopic (exact) mass is 458 g/mol. The van der Waals surface area contributed by atoms with Crippen molar-refractivity contribution >= 4 is 60.5 Å². The molecule has 0 unspecified atom stereocenters. The number of hydrogen-bond acceptors (Lipinski definition) is 6. The van der Waals surface area contributed by atoms with Crippen LogP contribution in [-0.4, -0.2) is 32.5 Å². The Hall–Kier alpha value is -1.43. The summed E-state index contributed by atoms with van der Waals surface area (Å²) in [5.41, 5.74) is -0.673. The van der Waals surface area contributed by atoms with Crippen molar-refractivity contribution in [3.8, 4) is 0 Å². The van der Waals surface area contributed by atoms with Gasteiger partial charge in [-0.1, -0.05) is 38.5 Å². The fraction of sp³-hybridized carbons (Fsp3) is 0.0769. The lowest BCUT2D eigenvalue weighted by molar-refractivity contribution is -0.384. The van der Waals surface area contributed by atoms with Gasteiger partial charge in [0.05, 0.1) is 24.8 Å². The summed E-state index contributed by atoms with van der Waals surface area (Å²) in [5, 5.41) is 10.6. The molecular weight excluding hydrogens is 451 g/mol. The minimum absolute atomic E-state index is 0.0827. The Kier molecular flexibility index (Phi) is 5.86. The van der Waals surface area contributed by atoms with E-state index >= 15 is 0 Å². The van der Waals surface area contributed by atoms with Crippen LogP contribution in [0.1, 0.15) is 0 Å². The molecule has 2 aromatic carbocycles. The van der Waals surface area contributed by atoms with E-state index in [4.69, 9.17) is 34.8 Å². The van der Waals surface area contributed by atoms with Gasteiger partial charge in [0, 0.05) is 13.1 Å². The van der Waals surface area contributed by atoms with Crippen molar-refractivity contribution in [2.75, 3.05) is 7.05 Å². The van der Waals surface area contributed by atoms with Crippen LogP contribution >= 0.6 is 34.8 Å². The molecule has 0 heterocycles. The molecule has 0 amide bonds. The summed E-state index contributed by atoms with van der Waals surface area (Å²) < 4.78 is 50.5. The summed E-state index contributed by atoms with van der Waals surface area (Å²) in [6, 6.07) is 5.91. The van der Waals surface area contributed by atoms with E-state index in [1.54, 1.807) is 0 Å². The summed E-state index contributed by atoms with van der Waals surface area (Å²) in [6.45, 7) is 0. The molecule has 140 valence electrons. The topological polar surface area (TPSA) is 115 Å². The molecule has 0 fully saturated rings. The highest BCUT2D eigenvalue weighted by molar-refractivity contribution is 8.04. The summed E-state index contributed by atoms with van der Waals surface area (Å²) in [5.74, 6) is 0. The summed E-state index contributed by atoms with van der Waals surface area (Å²) in [4.78, 5) is 9.02. The summed E-state index contributed by atoms with van der Waals surface area (Å²) in [6.07, 6.45) is 0. The van der Waals surface area contributed by atoms with Gasteiger partial charge in [-0.15, -0.1) is 0 Å². The van der Waals surface area contributed by atoms with Crippen LogP contribution in [0.3, 0.4) is 0 Å². The lowest BCUT2D eigenvalue weighted by atomic mass is 10.3. The molecule has 0 spiro atoms. The maximum Gasteiger partial charge on any atom is 0.289 e. The number of rotatable bonds is 5. The average molecular weight is 460 g/mol. The van der Waals surface area contributed by atoms with Crippen LogP contribution in [0.15, 0.2) is 46.2 Å². The van der Waals surface area contributed by atoms with Crippen LogP contribution in [0, 0.1) is 10.1 Å². The molecule has 0 aromatic heterocycles. The SMILES string of the molecule is CN(S(=O)(=O)c1ccc(Cl)c(Cl)c1)S(=O)(=O)c1ccc(Cl)c([N+](=O)[O-])c1. The van der Waals surface area contributed by atoms with E-state index in [0.717, 1.165) is 31.3 Å². The Morgan fingerprint density at radius 2 is 1.31 bits per heavy atom. The Morgan fingerprint density at radius 1 is 0.846 bits per heavy atom. The Labute approximate surface area is 164 Å². The Balaban J connectivity index is 2.56. The molecule has 2 aromatic rings. The first-order valence-corrected chi connectivity index (χ1v) is 10.5. The lowest BCUT2D eigenvalue weighted by Crippen LogP contribution is -2.33. The smallest absolute Gasteiger partial charge is 0.258 e. The average Bonchev–Trinajstić information content (AvgIpc) is 2.56. The molecule has 0 aliphatic rings. The molecule has 13 heteroatoms. The Morgan fingerprint density at radius 3 is 1.77 bits per heavy atom. The van der Waals surface area contributed by atoms with Gasteiger partial charge in [0.15, 0.2) is 0 Å². The maximum atomic E-state index is 12.6. The largest absolute Gasteiger partial charge is 0.289 e. The molecule has 2 rings (SSSR count). The van der Waals surface area contributed by atoms with E-state index in [1.807, 2.05) is 0 Å². The molecule has 0 radical (unpaired) electrons. The van der Waals surface area contributed by atoms with Crippen molar-refractivity contribution in [1.82, 2.24) is 3.71 Å². The molecule has 0 saturated carbocycles. The molecule has 0 bridgehead atoms. The highest BCUT2D eigenvalue weighted by Gasteiger charge is 2.34. The minimum Gasteiger partial charge on any atom is -0.258 e. The molecular formula is C13H9Cl3N2O6S2. The standard InChI is InChI=1S/C13H9Cl3N2O6S2/c1-17(25(21,22)8-2-4-10(14)12(16)6-8)26(23,24)9-3-5-11(15)13(7-9)18(19)20/h2-7H,1H3. The molecule has 26 heavy (non-hydrogen) atoms. The van der Waals surface area contributed by atoms with Gasteiger partial charge in [0.1, 0.15) is 5.02 Å². The zero-order valence-electron chi connectivity index (χ0n) is 12.8. The van der Waals surface area contributed by atoms with Gasteiger partial charge in [0.2, 0.25) is 0 Å². The second-order valence-electron chi connectivity index (χ2n) is 4.84. The third kappa shape index (κ3) is 3.80. The second-order valence-corrected chi connectivity index (χ2v) is 10.2. The normalized spacial score (nSPS) is 12.3. The molecule has 0 aliphatic heterocycles. The number of nitro groups is 1. The molecule has 0 atom stereocenters. The first kappa shape index (κ1) is 20.9.